The van der Waals surface area contributed by atoms with E-state index in [1.54, 1.807) is 18.3 Å². The standard InChI is InChI=1S/C19H19N3O2S/c1-13-20-12-17-18(21-13)7-4-8-19(17)22-25(23,24)16-10-9-14-5-2-3-6-15(14)11-16/h2-3,5-6,9-12,19,22H,4,7-8H2,1H3. The fourth-order valence-electron chi connectivity index (χ4n) is 3.36. The van der Waals surface area contributed by atoms with Crippen molar-refractivity contribution < 1.29 is 8.42 Å². The Kier molecular flexibility index (Phi) is 4.01. The molecule has 0 spiro atoms. The molecule has 3 aromatic rings. The maximum atomic E-state index is 12.9. The van der Waals surface area contributed by atoms with Crippen molar-refractivity contribution >= 4 is 20.8 Å². The normalized spacial score (nSPS) is 17.4. The highest BCUT2D eigenvalue weighted by atomic mass is 32.2. The molecule has 0 saturated heterocycles. The molecule has 4 rings (SSSR count). The number of aromatic nitrogens is 2. The van der Waals surface area contributed by atoms with Gasteiger partial charge in [0.1, 0.15) is 5.82 Å². The highest BCUT2D eigenvalue weighted by Gasteiger charge is 2.27. The van der Waals surface area contributed by atoms with Crippen LogP contribution in [0.1, 0.15) is 36.0 Å². The number of hydrogen-bond acceptors (Lipinski definition) is 4. The molecule has 25 heavy (non-hydrogen) atoms. The molecule has 1 atom stereocenters. The molecule has 1 aromatic heterocycles. The van der Waals surface area contributed by atoms with Gasteiger partial charge in [-0.25, -0.2) is 23.1 Å². The minimum absolute atomic E-state index is 0.277. The number of nitrogens with zero attached hydrogens (tertiary/aromatic N) is 2. The predicted octanol–water partition coefficient (Wildman–Crippen LogP) is 3.29. The molecule has 0 bridgehead atoms. The summed E-state index contributed by atoms with van der Waals surface area (Å²) in [5.41, 5.74) is 1.84. The maximum Gasteiger partial charge on any atom is 0.241 e. The van der Waals surface area contributed by atoms with Gasteiger partial charge in [0.2, 0.25) is 10.0 Å². The smallest absolute Gasteiger partial charge is 0.241 e. The first-order valence-electron chi connectivity index (χ1n) is 8.36. The Hall–Kier alpha value is -2.31. The van der Waals surface area contributed by atoms with Crippen LogP contribution in [0.15, 0.2) is 53.6 Å². The van der Waals surface area contributed by atoms with Gasteiger partial charge in [0.15, 0.2) is 0 Å². The van der Waals surface area contributed by atoms with Crippen molar-refractivity contribution in [2.45, 2.75) is 37.1 Å². The lowest BCUT2D eigenvalue weighted by molar-refractivity contribution is 0.499. The second-order valence-corrected chi connectivity index (χ2v) is 8.11. The van der Waals surface area contributed by atoms with E-state index in [4.69, 9.17) is 0 Å². The molecular formula is C19H19N3O2S. The summed E-state index contributed by atoms with van der Waals surface area (Å²) in [5.74, 6) is 0.719. The Bertz CT molecular complexity index is 1050. The van der Waals surface area contributed by atoms with Crippen molar-refractivity contribution in [1.82, 2.24) is 14.7 Å². The number of benzene rings is 2. The SMILES string of the molecule is Cc1ncc2c(n1)CCCC2NS(=O)(=O)c1ccc2ccccc2c1. The van der Waals surface area contributed by atoms with Gasteiger partial charge >= 0.3 is 0 Å². The van der Waals surface area contributed by atoms with Gasteiger partial charge in [0.25, 0.3) is 0 Å². The van der Waals surface area contributed by atoms with Crippen LogP contribution in [0.4, 0.5) is 0 Å². The van der Waals surface area contributed by atoms with Crippen LogP contribution in [-0.4, -0.2) is 18.4 Å². The molecule has 128 valence electrons. The van der Waals surface area contributed by atoms with Gasteiger partial charge < -0.3 is 0 Å². The first kappa shape index (κ1) is 16.2. The Morgan fingerprint density at radius 2 is 1.92 bits per heavy atom. The predicted molar refractivity (Wildman–Crippen MR) is 96.7 cm³/mol. The highest BCUT2D eigenvalue weighted by molar-refractivity contribution is 7.89. The number of aryl methyl sites for hydroxylation is 2. The van der Waals surface area contributed by atoms with Crippen molar-refractivity contribution in [2.75, 3.05) is 0 Å². The van der Waals surface area contributed by atoms with Crippen LogP contribution in [0.3, 0.4) is 0 Å². The molecule has 0 amide bonds. The third-order valence-electron chi connectivity index (χ3n) is 4.63. The van der Waals surface area contributed by atoms with Gasteiger partial charge in [0.05, 0.1) is 10.9 Å². The van der Waals surface area contributed by atoms with E-state index in [2.05, 4.69) is 14.7 Å². The Morgan fingerprint density at radius 3 is 2.76 bits per heavy atom. The lowest BCUT2D eigenvalue weighted by Crippen LogP contribution is -2.31. The summed E-state index contributed by atoms with van der Waals surface area (Å²) in [4.78, 5) is 8.99. The molecule has 1 aliphatic carbocycles. The quantitative estimate of drug-likeness (QED) is 0.784. The fourth-order valence-corrected chi connectivity index (χ4v) is 4.64. The van der Waals surface area contributed by atoms with Crippen LogP contribution >= 0.6 is 0 Å². The number of nitrogens with one attached hydrogen (secondary N) is 1. The van der Waals surface area contributed by atoms with E-state index in [0.29, 0.717) is 0 Å². The Labute approximate surface area is 147 Å². The average Bonchev–Trinajstić information content (AvgIpc) is 2.61. The Morgan fingerprint density at radius 1 is 1.12 bits per heavy atom. The number of fused-ring (bicyclic) bond motifs is 2. The summed E-state index contributed by atoms with van der Waals surface area (Å²) in [6.45, 7) is 1.85. The van der Waals surface area contributed by atoms with Crippen LogP contribution in [0, 0.1) is 6.92 Å². The molecule has 1 N–H and O–H groups in total. The van der Waals surface area contributed by atoms with Gasteiger partial charge in [-0.15, -0.1) is 0 Å². The van der Waals surface area contributed by atoms with Crippen LogP contribution in [0.5, 0.6) is 0 Å². The topological polar surface area (TPSA) is 72.0 Å². The summed E-state index contributed by atoms with van der Waals surface area (Å²) in [5, 5.41) is 1.93. The Balaban J connectivity index is 1.67. The lowest BCUT2D eigenvalue weighted by atomic mass is 9.93. The van der Waals surface area contributed by atoms with E-state index in [1.165, 1.54) is 0 Å². The second-order valence-electron chi connectivity index (χ2n) is 6.39. The van der Waals surface area contributed by atoms with Gasteiger partial charge in [0, 0.05) is 17.5 Å². The molecule has 0 radical (unpaired) electrons. The molecule has 0 saturated carbocycles. The lowest BCUT2D eigenvalue weighted by Gasteiger charge is -2.25. The molecular weight excluding hydrogens is 334 g/mol. The van der Waals surface area contributed by atoms with Crippen LogP contribution in [-0.2, 0) is 16.4 Å². The van der Waals surface area contributed by atoms with E-state index in [-0.39, 0.29) is 10.9 Å². The molecule has 5 nitrogen and oxygen atoms in total. The average molecular weight is 353 g/mol. The van der Waals surface area contributed by atoms with Gasteiger partial charge in [-0.2, -0.15) is 0 Å². The first-order chi connectivity index (χ1) is 12.0. The van der Waals surface area contributed by atoms with Crippen molar-refractivity contribution in [2.24, 2.45) is 0 Å². The molecule has 1 heterocycles. The minimum atomic E-state index is -3.61. The van der Waals surface area contributed by atoms with Gasteiger partial charge in [-0.1, -0.05) is 30.3 Å². The number of hydrogen-bond donors (Lipinski definition) is 1. The van der Waals surface area contributed by atoms with Crippen molar-refractivity contribution in [3.05, 3.63) is 65.7 Å². The monoisotopic (exact) mass is 353 g/mol. The van der Waals surface area contributed by atoms with Crippen LogP contribution in [0.2, 0.25) is 0 Å². The maximum absolute atomic E-state index is 12.9. The zero-order valence-electron chi connectivity index (χ0n) is 13.9. The molecule has 1 aliphatic rings. The zero-order valence-corrected chi connectivity index (χ0v) is 14.8. The number of sulfonamides is 1. The fraction of sp³-hybridized carbons (Fsp3) is 0.263. The molecule has 6 heteroatoms. The third kappa shape index (κ3) is 3.15. The largest absolute Gasteiger partial charge is 0.241 e. The van der Waals surface area contributed by atoms with Crippen LogP contribution in [0.25, 0.3) is 10.8 Å². The second kappa shape index (κ2) is 6.20. The van der Waals surface area contributed by atoms with Crippen LogP contribution < -0.4 is 4.72 Å². The molecule has 0 aliphatic heterocycles. The summed E-state index contributed by atoms with van der Waals surface area (Å²) in [6, 6.07) is 12.7. The number of rotatable bonds is 3. The van der Waals surface area contributed by atoms with Crippen molar-refractivity contribution in [3.63, 3.8) is 0 Å². The molecule has 1 unspecified atom stereocenters. The van der Waals surface area contributed by atoms with Gasteiger partial charge in [-0.05, 0) is 49.1 Å². The summed E-state index contributed by atoms with van der Waals surface area (Å²) in [6.07, 6.45) is 4.29. The molecule has 0 fully saturated rings. The van der Waals surface area contributed by atoms with E-state index in [9.17, 15) is 8.42 Å². The first-order valence-corrected chi connectivity index (χ1v) is 9.85. The van der Waals surface area contributed by atoms with Gasteiger partial charge in [-0.3, -0.25) is 0 Å². The summed E-state index contributed by atoms with van der Waals surface area (Å²) < 4.78 is 28.6. The van der Waals surface area contributed by atoms with Crippen molar-refractivity contribution in [1.29, 1.82) is 0 Å². The minimum Gasteiger partial charge on any atom is -0.241 e. The third-order valence-corrected chi connectivity index (χ3v) is 6.10. The zero-order chi connectivity index (χ0) is 17.4. The van der Waals surface area contributed by atoms with E-state index in [1.807, 2.05) is 37.3 Å². The van der Waals surface area contributed by atoms with E-state index < -0.39 is 10.0 Å². The summed E-state index contributed by atoms with van der Waals surface area (Å²) in [7, 11) is -3.61. The highest BCUT2D eigenvalue weighted by Crippen LogP contribution is 2.30. The van der Waals surface area contributed by atoms with Crippen molar-refractivity contribution in [3.8, 4) is 0 Å². The molecule has 2 aromatic carbocycles. The summed E-state index contributed by atoms with van der Waals surface area (Å²) >= 11 is 0. The van der Waals surface area contributed by atoms with E-state index in [0.717, 1.165) is 47.1 Å². The van der Waals surface area contributed by atoms with E-state index >= 15 is 0 Å².